The van der Waals surface area contributed by atoms with Crippen LogP contribution >= 0.6 is 0 Å². The molecule has 0 bridgehead atoms. The first kappa shape index (κ1) is 36.2. The maximum absolute atomic E-state index is 15.4. The summed E-state index contributed by atoms with van der Waals surface area (Å²) in [5.74, 6) is 0.181. The van der Waals surface area contributed by atoms with E-state index in [1.807, 2.05) is 18.2 Å². The molecule has 13 heteroatoms. The van der Waals surface area contributed by atoms with Gasteiger partial charge < -0.3 is 25.8 Å². The van der Waals surface area contributed by atoms with E-state index in [-0.39, 0.29) is 40.2 Å². The minimum Gasteiger partial charge on any atom is -0.457 e. The zero-order valence-corrected chi connectivity index (χ0v) is 29.4. The highest BCUT2D eigenvalue weighted by Gasteiger charge is 2.34. The van der Waals surface area contributed by atoms with Gasteiger partial charge in [-0.15, -0.1) is 0 Å². The molecule has 2 unspecified atom stereocenters. The lowest BCUT2D eigenvalue weighted by atomic mass is 9.94. The third-order valence-corrected chi connectivity index (χ3v) is 10.3. The zero-order valence-electron chi connectivity index (χ0n) is 29.4. The molecule has 12 nitrogen and oxygen atoms in total. The van der Waals surface area contributed by atoms with E-state index in [4.69, 9.17) is 20.9 Å². The summed E-state index contributed by atoms with van der Waals surface area (Å²) in [5.41, 5.74) is 13.6. The van der Waals surface area contributed by atoms with Crippen molar-refractivity contribution in [3.8, 4) is 17.6 Å². The van der Waals surface area contributed by atoms with Crippen molar-refractivity contribution in [3.63, 3.8) is 0 Å². The van der Waals surface area contributed by atoms with E-state index in [0.717, 1.165) is 58.7 Å². The summed E-state index contributed by atoms with van der Waals surface area (Å²) in [5, 5.41) is 13.4. The molecule has 0 aliphatic carbocycles. The number of rotatable bonds is 11. The molecule has 3 fully saturated rings. The summed E-state index contributed by atoms with van der Waals surface area (Å²) in [6.07, 6.45) is 5.40. The van der Waals surface area contributed by atoms with Crippen molar-refractivity contribution < 1.29 is 18.7 Å². The number of hydrogen-bond acceptors (Lipinski definition) is 11. The zero-order chi connectivity index (χ0) is 36.0. The Labute approximate surface area is 299 Å². The summed E-state index contributed by atoms with van der Waals surface area (Å²) in [6.45, 7) is 11.1. The molecule has 4 aliphatic rings. The van der Waals surface area contributed by atoms with E-state index in [0.29, 0.717) is 42.6 Å². The van der Waals surface area contributed by atoms with Crippen LogP contribution < -0.4 is 21.5 Å². The van der Waals surface area contributed by atoms with E-state index in [1.54, 1.807) is 35.2 Å². The maximum atomic E-state index is 15.4. The monoisotopic (exact) mass is 697 g/mol. The molecule has 0 saturated carbocycles. The number of carbonyl (C=O) groups is 1. The Bertz CT molecular complexity index is 1720. The molecule has 51 heavy (non-hydrogen) atoms. The van der Waals surface area contributed by atoms with Crippen LogP contribution in [0.3, 0.4) is 0 Å². The van der Waals surface area contributed by atoms with Crippen molar-refractivity contribution in [3.05, 3.63) is 77.1 Å². The number of piperidine rings is 1. The minimum absolute atomic E-state index is 0.0535. The van der Waals surface area contributed by atoms with Gasteiger partial charge in [0.15, 0.2) is 0 Å². The van der Waals surface area contributed by atoms with Crippen LogP contribution in [0, 0.1) is 17.1 Å². The molecule has 0 radical (unpaired) electrons. The summed E-state index contributed by atoms with van der Waals surface area (Å²) in [6, 6.07) is 16.1. The Hall–Kier alpha value is -4.61. The second-order valence-electron chi connectivity index (χ2n) is 14.1. The number of halogens is 1. The number of nitrogens with two attached hydrogens (primary N) is 2. The number of likely N-dealkylation sites (tertiary alicyclic amines) is 1. The fourth-order valence-corrected chi connectivity index (χ4v) is 7.13. The summed E-state index contributed by atoms with van der Waals surface area (Å²) in [4.78, 5) is 28.9. The quantitative estimate of drug-likeness (QED) is 0.236. The number of nitrogens with one attached hydrogen (secondary N) is 1. The van der Waals surface area contributed by atoms with Gasteiger partial charge in [0.1, 0.15) is 47.3 Å². The predicted octanol–water partition coefficient (Wildman–Crippen LogP) is 3.62. The first-order valence-electron chi connectivity index (χ1n) is 17.7. The van der Waals surface area contributed by atoms with Gasteiger partial charge in [0.25, 0.3) is 5.91 Å². The van der Waals surface area contributed by atoms with E-state index in [2.05, 4.69) is 45.0 Å². The third-order valence-electron chi connectivity index (χ3n) is 10.3. The van der Waals surface area contributed by atoms with Gasteiger partial charge in [-0.25, -0.2) is 14.4 Å². The Morgan fingerprint density at radius 2 is 1.90 bits per heavy atom. The first-order chi connectivity index (χ1) is 24.6. The fraction of sp³-hybridized carbons (Fsp3) is 0.474. The molecule has 3 saturated heterocycles. The Kier molecular flexibility index (Phi) is 11.5. The lowest BCUT2D eigenvalue weighted by molar-refractivity contribution is -0.128. The minimum atomic E-state index is -0.709. The smallest absolute Gasteiger partial charge is 0.264 e. The molecule has 4 heterocycles. The molecule has 270 valence electrons. The van der Waals surface area contributed by atoms with Crippen LogP contribution in [0.15, 0.2) is 75.7 Å². The van der Waals surface area contributed by atoms with Gasteiger partial charge >= 0.3 is 0 Å². The Morgan fingerprint density at radius 1 is 1.14 bits per heavy atom. The molecular formula is C38H48FN9O3. The molecule has 5 N–H and O–H groups in total. The molecule has 0 spiro atoms. The highest BCUT2D eigenvalue weighted by Crippen LogP contribution is 2.29. The van der Waals surface area contributed by atoms with Crippen LogP contribution in [0.5, 0.6) is 11.5 Å². The number of para-hydroxylation sites is 1. The van der Waals surface area contributed by atoms with Gasteiger partial charge in [0.05, 0.1) is 30.5 Å². The summed E-state index contributed by atoms with van der Waals surface area (Å²) >= 11 is 0. The van der Waals surface area contributed by atoms with Crippen molar-refractivity contribution in [1.29, 1.82) is 5.26 Å². The number of hydrogen-bond donors (Lipinski definition) is 3. The van der Waals surface area contributed by atoms with Crippen LogP contribution in [-0.4, -0.2) is 109 Å². The predicted molar refractivity (Wildman–Crippen MR) is 195 cm³/mol. The number of nitriles is 1. The molecule has 1 amide bonds. The van der Waals surface area contributed by atoms with Gasteiger partial charge in [-0.05, 0) is 63.8 Å². The van der Waals surface area contributed by atoms with Gasteiger partial charge in [0.2, 0.25) is 0 Å². The van der Waals surface area contributed by atoms with Crippen LogP contribution in [0.25, 0.3) is 5.70 Å². The molecule has 2 aromatic carbocycles. The maximum Gasteiger partial charge on any atom is 0.264 e. The molecule has 4 aliphatic heterocycles. The number of nitrogens with zero attached hydrogens (tertiary/aromatic N) is 6. The highest BCUT2D eigenvalue weighted by molar-refractivity contribution is 6.08. The van der Waals surface area contributed by atoms with Crippen LogP contribution in [0.2, 0.25) is 0 Å². The van der Waals surface area contributed by atoms with Crippen LogP contribution in [-0.2, 0) is 9.53 Å². The van der Waals surface area contributed by atoms with Crippen molar-refractivity contribution in [1.82, 2.24) is 20.0 Å². The lowest BCUT2D eigenvalue weighted by Crippen LogP contribution is -2.60. The highest BCUT2D eigenvalue weighted by atomic mass is 19.1. The van der Waals surface area contributed by atoms with Gasteiger partial charge in [-0.3, -0.25) is 19.9 Å². The van der Waals surface area contributed by atoms with Crippen molar-refractivity contribution in [2.24, 2.45) is 21.5 Å². The Morgan fingerprint density at radius 3 is 2.59 bits per heavy atom. The van der Waals surface area contributed by atoms with Gasteiger partial charge in [-0.2, -0.15) is 5.26 Å². The number of aliphatic imine (C=N–C) groups is 2. The number of amides is 1. The second-order valence-corrected chi connectivity index (χ2v) is 14.1. The van der Waals surface area contributed by atoms with Gasteiger partial charge in [0, 0.05) is 62.5 Å². The van der Waals surface area contributed by atoms with E-state index in [9.17, 15) is 10.1 Å². The van der Waals surface area contributed by atoms with Crippen LogP contribution in [0.1, 0.15) is 45.1 Å². The molecule has 6 rings (SSSR count). The number of benzene rings is 2. The number of carbonyl (C=O) groups excluding carboxylic acids is 1. The average Bonchev–Trinajstić information content (AvgIpc) is 3.10. The third kappa shape index (κ3) is 8.65. The lowest BCUT2D eigenvalue weighted by Gasteiger charge is -2.47. The topological polar surface area (TPSA) is 158 Å². The number of allylic oxidation sites excluding steroid dienone is 1. The SMILES string of the molecule is CC(C)(CC/C=C(\C#N)C(=O)N1CCCC(NC2N=CN=C(N)/C2=C(/N)c2ccc(Oc3ccccc3)cc2F)C1)N1CCN(C2COC2)CC1. The van der Waals surface area contributed by atoms with Crippen molar-refractivity contribution >= 4 is 23.8 Å². The van der Waals surface area contributed by atoms with Gasteiger partial charge in [-0.1, -0.05) is 24.3 Å². The van der Waals surface area contributed by atoms with Crippen LogP contribution in [0.4, 0.5) is 4.39 Å². The standard InChI is InChI=1S/C38H48FN9O3/c1-38(2,48-18-16-46(17-19-48)28-23-50-24-28)14-6-8-26(21-40)37(49)47-15-7-9-27(22-47)45-36-33(35(42)43-25-44-36)34(41)31-13-12-30(20-32(31)39)51-29-10-4-3-5-11-29/h3-5,8,10-13,20,25,27-28,36,45H,6-7,9,14-19,22-24,41H2,1-2H3,(H2,42,43,44)/b26-8+,34-33-. The molecule has 2 aromatic rings. The fourth-order valence-electron chi connectivity index (χ4n) is 7.13. The summed E-state index contributed by atoms with van der Waals surface area (Å²) in [7, 11) is 0. The number of amidine groups is 1. The molecule has 2 atom stereocenters. The number of piperazine rings is 1. The van der Waals surface area contributed by atoms with Crippen molar-refractivity contribution in [2.75, 3.05) is 52.5 Å². The largest absolute Gasteiger partial charge is 0.457 e. The second kappa shape index (κ2) is 16.2. The van der Waals surface area contributed by atoms with E-state index >= 15 is 4.39 Å². The average molecular weight is 698 g/mol. The first-order valence-corrected chi connectivity index (χ1v) is 17.7. The molecular weight excluding hydrogens is 649 g/mol. The molecule has 0 aromatic heterocycles. The number of ether oxygens (including phenoxy) is 2. The summed E-state index contributed by atoms with van der Waals surface area (Å²) < 4.78 is 26.5. The van der Waals surface area contributed by atoms with E-state index in [1.165, 1.54) is 12.4 Å². The van der Waals surface area contributed by atoms with Crippen molar-refractivity contribution in [2.45, 2.75) is 63.3 Å². The normalized spacial score (nSPS) is 23.3. The Balaban J connectivity index is 1.07. The van der Waals surface area contributed by atoms with E-state index < -0.39 is 12.0 Å².